The Morgan fingerprint density at radius 3 is 2.65 bits per heavy atom. The van der Waals surface area contributed by atoms with Gasteiger partial charge in [0, 0.05) is 36.7 Å². The number of likely N-dealkylation sites (tertiary alicyclic amines) is 1. The summed E-state index contributed by atoms with van der Waals surface area (Å²) >= 11 is 0. The van der Waals surface area contributed by atoms with Crippen LogP contribution in [0.3, 0.4) is 0 Å². The Kier molecular flexibility index (Phi) is 3.10. The van der Waals surface area contributed by atoms with E-state index in [2.05, 4.69) is 0 Å². The van der Waals surface area contributed by atoms with Crippen LogP contribution in [0.1, 0.15) is 23.7 Å². The highest BCUT2D eigenvalue weighted by atomic mass is 16.3. The van der Waals surface area contributed by atoms with Crippen LogP contribution >= 0.6 is 0 Å². The van der Waals surface area contributed by atoms with Gasteiger partial charge in [0.1, 0.15) is 0 Å². The van der Waals surface area contributed by atoms with Crippen LogP contribution in [-0.2, 0) is 0 Å². The molecule has 1 fully saturated rings. The average molecular weight is 270 g/mol. The zero-order chi connectivity index (χ0) is 14.2. The molecule has 1 amide bonds. The summed E-state index contributed by atoms with van der Waals surface area (Å²) in [5.74, 6) is -0.0169. The summed E-state index contributed by atoms with van der Waals surface area (Å²) in [6.45, 7) is 2.79. The van der Waals surface area contributed by atoms with Gasteiger partial charge in [-0.2, -0.15) is 0 Å². The molecule has 0 spiro atoms. The fourth-order valence-corrected chi connectivity index (χ4v) is 2.61. The van der Waals surface area contributed by atoms with Crippen LogP contribution in [0.5, 0.6) is 0 Å². The molecule has 4 heteroatoms. The third kappa shape index (κ3) is 2.47. The zero-order valence-electron chi connectivity index (χ0n) is 11.5. The molecule has 1 unspecified atom stereocenters. The second kappa shape index (κ2) is 4.80. The quantitative estimate of drug-likeness (QED) is 0.908. The molecule has 1 aliphatic heterocycles. The summed E-state index contributed by atoms with van der Waals surface area (Å²) in [7, 11) is 0. The number of aromatic nitrogens is 1. The first-order valence-electron chi connectivity index (χ1n) is 6.80. The monoisotopic (exact) mass is 270 g/mol. The molecule has 2 aromatic rings. The Labute approximate surface area is 118 Å². The maximum Gasteiger partial charge on any atom is 0.254 e. The molecule has 4 nitrogen and oxygen atoms in total. The second-order valence-electron chi connectivity index (χ2n) is 5.61. The minimum atomic E-state index is -0.756. The van der Waals surface area contributed by atoms with Crippen LogP contribution in [-0.4, -0.2) is 39.2 Å². The maximum absolute atomic E-state index is 12.5. The summed E-state index contributed by atoms with van der Waals surface area (Å²) in [5.41, 5.74) is 0.869. The normalized spacial score (nSPS) is 22.2. The molecule has 0 aliphatic carbocycles. The van der Waals surface area contributed by atoms with Crippen molar-refractivity contribution in [2.75, 3.05) is 13.1 Å². The lowest BCUT2D eigenvalue weighted by Crippen LogP contribution is -2.33. The average Bonchev–Trinajstić information content (AvgIpc) is 3.07. The second-order valence-corrected chi connectivity index (χ2v) is 5.61. The van der Waals surface area contributed by atoms with E-state index < -0.39 is 5.60 Å². The van der Waals surface area contributed by atoms with Crippen molar-refractivity contribution < 1.29 is 9.90 Å². The van der Waals surface area contributed by atoms with E-state index in [0.717, 1.165) is 5.69 Å². The van der Waals surface area contributed by atoms with Gasteiger partial charge < -0.3 is 14.6 Å². The third-order valence-electron chi connectivity index (χ3n) is 3.73. The van der Waals surface area contributed by atoms with E-state index in [-0.39, 0.29) is 5.91 Å². The van der Waals surface area contributed by atoms with E-state index in [9.17, 15) is 9.90 Å². The molecule has 2 heterocycles. The molecule has 1 atom stereocenters. The highest BCUT2D eigenvalue weighted by Crippen LogP contribution is 2.22. The van der Waals surface area contributed by atoms with Crippen molar-refractivity contribution in [2.24, 2.45) is 0 Å². The molecule has 3 rings (SSSR count). The molecule has 1 aromatic heterocycles. The van der Waals surface area contributed by atoms with E-state index in [4.69, 9.17) is 0 Å². The standard InChI is InChI=1S/C16H18N2O2/c1-16(20)7-10-18(12-16)15(19)13-5-4-6-14(11-13)17-8-2-3-9-17/h2-6,8-9,11,20H,7,10,12H2,1H3. The van der Waals surface area contributed by atoms with Crippen molar-refractivity contribution in [1.29, 1.82) is 0 Å². The first-order valence-corrected chi connectivity index (χ1v) is 6.80. The Hall–Kier alpha value is -2.07. The molecular weight excluding hydrogens is 252 g/mol. The molecule has 0 saturated carbocycles. The number of aliphatic hydroxyl groups is 1. The summed E-state index contributed by atoms with van der Waals surface area (Å²) in [4.78, 5) is 14.2. The molecule has 1 saturated heterocycles. The van der Waals surface area contributed by atoms with E-state index >= 15 is 0 Å². The first-order chi connectivity index (χ1) is 9.55. The van der Waals surface area contributed by atoms with Crippen LogP contribution in [0.15, 0.2) is 48.8 Å². The van der Waals surface area contributed by atoms with E-state index in [1.54, 1.807) is 11.8 Å². The van der Waals surface area contributed by atoms with Crippen LogP contribution in [0.4, 0.5) is 0 Å². The van der Waals surface area contributed by atoms with E-state index in [1.807, 2.05) is 53.4 Å². The van der Waals surface area contributed by atoms with Crippen molar-refractivity contribution >= 4 is 5.91 Å². The van der Waals surface area contributed by atoms with Gasteiger partial charge in [-0.1, -0.05) is 6.07 Å². The largest absolute Gasteiger partial charge is 0.388 e. The van der Waals surface area contributed by atoms with Gasteiger partial charge in [0.2, 0.25) is 0 Å². The molecule has 20 heavy (non-hydrogen) atoms. The number of hydrogen-bond acceptors (Lipinski definition) is 2. The van der Waals surface area contributed by atoms with Crippen molar-refractivity contribution in [2.45, 2.75) is 18.9 Å². The number of carbonyl (C=O) groups excluding carboxylic acids is 1. The van der Waals surface area contributed by atoms with Crippen molar-refractivity contribution in [1.82, 2.24) is 9.47 Å². The third-order valence-corrected chi connectivity index (χ3v) is 3.73. The lowest BCUT2D eigenvalue weighted by atomic mass is 10.1. The molecule has 1 aliphatic rings. The van der Waals surface area contributed by atoms with Gasteiger partial charge in [0.25, 0.3) is 5.91 Å². The highest BCUT2D eigenvalue weighted by Gasteiger charge is 2.34. The van der Waals surface area contributed by atoms with Crippen molar-refractivity contribution in [3.8, 4) is 5.69 Å². The number of benzene rings is 1. The number of hydrogen-bond donors (Lipinski definition) is 1. The lowest BCUT2D eigenvalue weighted by Gasteiger charge is -2.19. The highest BCUT2D eigenvalue weighted by molar-refractivity contribution is 5.95. The summed E-state index contributed by atoms with van der Waals surface area (Å²) in [6, 6.07) is 11.5. The van der Waals surface area contributed by atoms with Gasteiger partial charge in [-0.3, -0.25) is 4.79 Å². The smallest absolute Gasteiger partial charge is 0.254 e. The van der Waals surface area contributed by atoms with Gasteiger partial charge in [0.05, 0.1) is 5.60 Å². The first kappa shape index (κ1) is 12.9. The molecule has 0 radical (unpaired) electrons. The maximum atomic E-state index is 12.5. The van der Waals surface area contributed by atoms with Crippen LogP contribution in [0.25, 0.3) is 5.69 Å². The number of amides is 1. The fourth-order valence-electron chi connectivity index (χ4n) is 2.61. The fraction of sp³-hybridized carbons (Fsp3) is 0.312. The van der Waals surface area contributed by atoms with Gasteiger partial charge in [-0.05, 0) is 43.7 Å². The lowest BCUT2D eigenvalue weighted by molar-refractivity contribution is 0.0572. The molecule has 1 aromatic carbocycles. The molecule has 0 bridgehead atoms. The zero-order valence-corrected chi connectivity index (χ0v) is 11.5. The number of nitrogens with zero attached hydrogens (tertiary/aromatic N) is 2. The van der Waals surface area contributed by atoms with Gasteiger partial charge in [-0.15, -0.1) is 0 Å². The predicted molar refractivity (Wildman–Crippen MR) is 76.9 cm³/mol. The SMILES string of the molecule is CC1(O)CCN(C(=O)c2cccc(-n3cccc3)c2)C1. The molecule has 104 valence electrons. The number of β-amino-alcohol motifs (C(OH)–C–C–N with tert-alkyl or cyclic N) is 1. The Morgan fingerprint density at radius 1 is 1.25 bits per heavy atom. The Morgan fingerprint density at radius 2 is 2.00 bits per heavy atom. The van der Waals surface area contributed by atoms with Gasteiger partial charge >= 0.3 is 0 Å². The summed E-state index contributed by atoms with van der Waals surface area (Å²) < 4.78 is 1.97. The van der Waals surface area contributed by atoms with Crippen LogP contribution in [0, 0.1) is 0 Å². The molecule has 1 N–H and O–H groups in total. The van der Waals surface area contributed by atoms with Crippen LogP contribution in [0.2, 0.25) is 0 Å². The number of rotatable bonds is 2. The summed E-state index contributed by atoms with van der Waals surface area (Å²) in [5, 5.41) is 9.97. The minimum absolute atomic E-state index is 0.0169. The Bertz CT molecular complexity index is 617. The predicted octanol–water partition coefficient (Wildman–Crippen LogP) is 2.07. The molecular formula is C16H18N2O2. The number of carbonyl (C=O) groups is 1. The topological polar surface area (TPSA) is 45.5 Å². The van der Waals surface area contributed by atoms with Gasteiger partial charge in [-0.25, -0.2) is 0 Å². The summed E-state index contributed by atoms with van der Waals surface area (Å²) in [6.07, 6.45) is 4.53. The van der Waals surface area contributed by atoms with Crippen LogP contribution < -0.4 is 0 Å². The minimum Gasteiger partial charge on any atom is -0.388 e. The Balaban J connectivity index is 1.84. The van der Waals surface area contributed by atoms with E-state index in [1.165, 1.54) is 0 Å². The van der Waals surface area contributed by atoms with Crippen molar-refractivity contribution in [3.63, 3.8) is 0 Å². The van der Waals surface area contributed by atoms with Gasteiger partial charge in [0.15, 0.2) is 0 Å². The van der Waals surface area contributed by atoms with E-state index in [0.29, 0.717) is 25.1 Å². The van der Waals surface area contributed by atoms with Crippen molar-refractivity contribution in [3.05, 3.63) is 54.4 Å².